The number of hydrogen-bond donors (Lipinski definition) is 3. The molecule has 0 aliphatic carbocycles. The Morgan fingerprint density at radius 1 is 0.429 bits per heavy atom. The lowest BCUT2D eigenvalue weighted by molar-refractivity contribution is -0.143. The van der Waals surface area contributed by atoms with Gasteiger partial charge in [0.1, 0.15) is 0 Å². The summed E-state index contributed by atoms with van der Waals surface area (Å²) in [7, 11) is 0. The molecule has 6 heteroatoms. The SMILES string of the molecule is CCCCCCCCC/C=C\CCCCCCCCCC(=O)OCCCCCCCC/C=C\CCCCCC(=O)NC(CO)C(O)CCCCCCCCCCCCCCCCC. The summed E-state index contributed by atoms with van der Waals surface area (Å²) in [5.41, 5.74) is 0. The van der Waals surface area contributed by atoms with E-state index in [0.717, 1.165) is 70.6 Å². The van der Waals surface area contributed by atoms with Crippen LogP contribution in [-0.2, 0) is 14.3 Å². The third kappa shape index (κ3) is 49.6. The standard InChI is InChI=1S/C57H109NO5/c1-3-5-7-9-11-13-15-17-19-20-21-23-27-31-35-39-43-47-51-57(62)63-52-48-44-40-36-32-28-24-26-30-34-38-42-46-50-56(61)58-54(53-59)55(60)49-45-41-37-33-29-25-22-18-16-14-12-10-8-6-4-2/h19-20,26,30,54-55,59-60H,3-18,21-25,27-29,31-53H2,1-2H3,(H,58,61)/b20-19-,30-26-. The number of aliphatic hydroxyl groups excluding tert-OH is 2. The fraction of sp³-hybridized carbons (Fsp3) is 0.895. The fourth-order valence-electron chi connectivity index (χ4n) is 8.63. The molecule has 63 heavy (non-hydrogen) atoms. The molecule has 2 unspecified atom stereocenters. The van der Waals surface area contributed by atoms with E-state index in [1.54, 1.807) is 0 Å². The Labute approximate surface area is 392 Å². The van der Waals surface area contributed by atoms with Crippen molar-refractivity contribution in [3.8, 4) is 0 Å². The van der Waals surface area contributed by atoms with Gasteiger partial charge < -0.3 is 20.3 Å². The minimum absolute atomic E-state index is 0.0152. The molecule has 3 N–H and O–H groups in total. The first-order valence-electron chi connectivity index (χ1n) is 28.1. The minimum atomic E-state index is -0.681. The third-order valence-corrected chi connectivity index (χ3v) is 13.0. The van der Waals surface area contributed by atoms with Crippen molar-refractivity contribution in [2.75, 3.05) is 13.2 Å². The van der Waals surface area contributed by atoms with E-state index in [1.165, 1.54) is 199 Å². The molecule has 6 nitrogen and oxygen atoms in total. The number of nitrogens with one attached hydrogen (secondary N) is 1. The topological polar surface area (TPSA) is 95.9 Å². The highest BCUT2D eigenvalue weighted by atomic mass is 16.5. The van der Waals surface area contributed by atoms with Crippen molar-refractivity contribution in [2.45, 2.75) is 315 Å². The molecule has 0 aliphatic heterocycles. The second-order valence-electron chi connectivity index (χ2n) is 19.3. The van der Waals surface area contributed by atoms with Crippen LogP contribution in [0.3, 0.4) is 0 Å². The Hall–Kier alpha value is -1.66. The van der Waals surface area contributed by atoms with Crippen molar-refractivity contribution in [3.63, 3.8) is 0 Å². The summed E-state index contributed by atoms with van der Waals surface area (Å²) < 4.78 is 5.47. The molecule has 0 radical (unpaired) electrons. The maximum atomic E-state index is 12.5. The number of ether oxygens (including phenoxy) is 1. The Balaban J connectivity index is 3.48. The smallest absolute Gasteiger partial charge is 0.305 e. The van der Waals surface area contributed by atoms with Crippen molar-refractivity contribution in [3.05, 3.63) is 24.3 Å². The van der Waals surface area contributed by atoms with Gasteiger partial charge in [-0.2, -0.15) is 0 Å². The van der Waals surface area contributed by atoms with Crippen molar-refractivity contribution >= 4 is 11.9 Å². The third-order valence-electron chi connectivity index (χ3n) is 13.0. The fourth-order valence-corrected chi connectivity index (χ4v) is 8.63. The summed E-state index contributed by atoms with van der Waals surface area (Å²) >= 11 is 0. The molecular weight excluding hydrogens is 779 g/mol. The molecule has 0 aromatic carbocycles. The highest BCUT2D eigenvalue weighted by Gasteiger charge is 2.20. The zero-order valence-electron chi connectivity index (χ0n) is 42.3. The van der Waals surface area contributed by atoms with Gasteiger partial charge in [0.05, 0.1) is 25.4 Å². The Bertz CT molecular complexity index is 982. The van der Waals surface area contributed by atoms with Crippen molar-refractivity contribution in [2.24, 2.45) is 0 Å². The number of hydrogen-bond acceptors (Lipinski definition) is 5. The van der Waals surface area contributed by atoms with E-state index in [-0.39, 0.29) is 18.5 Å². The van der Waals surface area contributed by atoms with Crippen LogP contribution in [0.25, 0.3) is 0 Å². The first-order valence-corrected chi connectivity index (χ1v) is 28.1. The van der Waals surface area contributed by atoms with Crippen LogP contribution in [0.4, 0.5) is 0 Å². The van der Waals surface area contributed by atoms with Gasteiger partial charge in [-0.3, -0.25) is 9.59 Å². The van der Waals surface area contributed by atoms with E-state index in [2.05, 4.69) is 43.5 Å². The normalized spacial score (nSPS) is 12.8. The Morgan fingerprint density at radius 3 is 1.14 bits per heavy atom. The van der Waals surface area contributed by atoms with E-state index >= 15 is 0 Å². The van der Waals surface area contributed by atoms with E-state index < -0.39 is 12.1 Å². The molecule has 0 aliphatic rings. The monoisotopic (exact) mass is 888 g/mol. The molecule has 0 spiro atoms. The van der Waals surface area contributed by atoms with Gasteiger partial charge in [-0.15, -0.1) is 0 Å². The van der Waals surface area contributed by atoms with Crippen LogP contribution in [0.15, 0.2) is 24.3 Å². The molecule has 2 atom stereocenters. The molecule has 0 aromatic rings. The van der Waals surface area contributed by atoms with Gasteiger partial charge >= 0.3 is 5.97 Å². The molecule has 0 saturated carbocycles. The zero-order valence-corrected chi connectivity index (χ0v) is 42.3. The number of esters is 1. The van der Waals surface area contributed by atoms with Gasteiger partial charge in [0.15, 0.2) is 0 Å². The molecule has 0 saturated heterocycles. The summed E-state index contributed by atoms with van der Waals surface area (Å²) in [6, 6.07) is -0.561. The first kappa shape index (κ1) is 61.3. The summed E-state index contributed by atoms with van der Waals surface area (Å²) in [4.78, 5) is 24.5. The molecule has 0 bridgehead atoms. The van der Waals surface area contributed by atoms with Crippen LogP contribution in [0.2, 0.25) is 0 Å². The Kier molecular flexibility index (Phi) is 51.6. The maximum Gasteiger partial charge on any atom is 0.305 e. The van der Waals surface area contributed by atoms with Crippen molar-refractivity contribution in [1.82, 2.24) is 5.32 Å². The largest absolute Gasteiger partial charge is 0.466 e. The number of amides is 1. The first-order chi connectivity index (χ1) is 31.0. The van der Waals surface area contributed by atoms with E-state index in [0.29, 0.717) is 25.9 Å². The lowest BCUT2D eigenvalue weighted by Crippen LogP contribution is -2.45. The van der Waals surface area contributed by atoms with Crippen LogP contribution in [0, 0.1) is 0 Å². The predicted molar refractivity (Wildman–Crippen MR) is 273 cm³/mol. The summed E-state index contributed by atoms with van der Waals surface area (Å²) in [5.74, 6) is -0.0793. The Morgan fingerprint density at radius 2 is 0.746 bits per heavy atom. The lowest BCUT2D eigenvalue weighted by atomic mass is 10.0. The summed E-state index contributed by atoms with van der Waals surface area (Å²) in [6.45, 7) is 4.92. The van der Waals surface area contributed by atoms with Crippen molar-refractivity contribution < 1.29 is 24.5 Å². The van der Waals surface area contributed by atoms with E-state index in [9.17, 15) is 19.8 Å². The second kappa shape index (κ2) is 53.0. The summed E-state index contributed by atoms with van der Waals surface area (Å²) in [6.07, 6.45) is 63.0. The maximum absolute atomic E-state index is 12.5. The second-order valence-corrected chi connectivity index (χ2v) is 19.3. The number of unbranched alkanes of at least 4 members (excludes halogenated alkanes) is 37. The average molecular weight is 889 g/mol. The molecule has 0 rings (SSSR count). The number of rotatable bonds is 52. The molecule has 0 fully saturated rings. The van der Waals surface area contributed by atoms with Crippen LogP contribution in [-0.4, -0.2) is 47.4 Å². The molecule has 0 aromatic heterocycles. The van der Waals surface area contributed by atoms with Crippen LogP contribution >= 0.6 is 0 Å². The van der Waals surface area contributed by atoms with Gasteiger partial charge in [-0.05, 0) is 77.0 Å². The highest BCUT2D eigenvalue weighted by molar-refractivity contribution is 5.76. The number of carbonyl (C=O) groups is 2. The lowest BCUT2D eigenvalue weighted by Gasteiger charge is -2.22. The molecular formula is C57H109NO5. The van der Waals surface area contributed by atoms with Crippen LogP contribution in [0.5, 0.6) is 0 Å². The molecule has 1 amide bonds. The van der Waals surface area contributed by atoms with Gasteiger partial charge in [-0.1, -0.05) is 237 Å². The van der Waals surface area contributed by atoms with Gasteiger partial charge in [0.2, 0.25) is 5.91 Å². The van der Waals surface area contributed by atoms with Gasteiger partial charge in [0.25, 0.3) is 0 Å². The van der Waals surface area contributed by atoms with E-state index in [1.807, 2.05) is 0 Å². The summed E-state index contributed by atoms with van der Waals surface area (Å²) in [5, 5.41) is 23.2. The van der Waals surface area contributed by atoms with Crippen LogP contribution in [0.1, 0.15) is 303 Å². The quantitative estimate of drug-likeness (QED) is 0.0321. The number of aliphatic hydroxyl groups is 2. The average Bonchev–Trinajstić information content (AvgIpc) is 3.28. The van der Waals surface area contributed by atoms with Gasteiger partial charge in [-0.25, -0.2) is 0 Å². The zero-order chi connectivity index (χ0) is 45.8. The molecule has 372 valence electrons. The van der Waals surface area contributed by atoms with Crippen molar-refractivity contribution in [1.29, 1.82) is 0 Å². The molecule has 0 heterocycles. The van der Waals surface area contributed by atoms with Crippen LogP contribution < -0.4 is 5.32 Å². The highest BCUT2D eigenvalue weighted by Crippen LogP contribution is 2.16. The minimum Gasteiger partial charge on any atom is -0.466 e. The number of allylic oxidation sites excluding steroid dienone is 4. The number of carbonyl (C=O) groups excluding carboxylic acids is 2. The van der Waals surface area contributed by atoms with E-state index in [4.69, 9.17) is 4.74 Å². The predicted octanol–water partition coefficient (Wildman–Crippen LogP) is 17.1. The van der Waals surface area contributed by atoms with Gasteiger partial charge in [0, 0.05) is 12.8 Å².